The van der Waals surface area contributed by atoms with E-state index in [4.69, 9.17) is 9.73 Å². The highest BCUT2D eigenvalue weighted by atomic mass is 19.1. The first-order chi connectivity index (χ1) is 15.5. The molecule has 8 heteroatoms. The van der Waals surface area contributed by atoms with Gasteiger partial charge in [0.1, 0.15) is 11.9 Å². The zero-order chi connectivity index (χ0) is 22.7. The minimum absolute atomic E-state index is 0.192. The Morgan fingerprint density at radius 2 is 1.84 bits per heavy atom. The maximum absolute atomic E-state index is 14.2. The molecule has 0 aromatic heterocycles. The highest BCUT2D eigenvalue weighted by Gasteiger charge is 2.42. The fourth-order valence-corrected chi connectivity index (χ4v) is 4.19. The molecule has 7 nitrogen and oxygen atoms in total. The summed E-state index contributed by atoms with van der Waals surface area (Å²) >= 11 is 0. The molecule has 168 valence electrons. The van der Waals surface area contributed by atoms with Crippen molar-refractivity contribution >= 4 is 23.5 Å². The number of rotatable bonds is 4. The summed E-state index contributed by atoms with van der Waals surface area (Å²) in [6, 6.07) is 13.7. The van der Waals surface area contributed by atoms with Crippen LogP contribution in [0.1, 0.15) is 24.1 Å². The third kappa shape index (κ3) is 4.44. The molecule has 0 saturated carbocycles. The van der Waals surface area contributed by atoms with Crippen LogP contribution in [0.3, 0.4) is 0 Å². The lowest BCUT2D eigenvalue weighted by atomic mass is 9.90. The number of halogens is 1. The van der Waals surface area contributed by atoms with E-state index in [1.165, 1.54) is 6.07 Å². The number of nitrogens with zero attached hydrogens (tertiary/aromatic N) is 3. The number of anilines is 1. The van der Waals surface area contributed by atoms with Crippen molar-refractivity contribution in [3.8, 4) is 0 Å². The highest BCUT2D eigenvalue weighted by Crippen LogP contribution is 2.31. The zero-order valence-electron chi connectivity index (χ0n) is 18.3. The van der Waals surface area contributed by atoms with Crippen molar-refractivity contribution in [1.82, 2.24) is 10.2 Å². The van der Waals surface area contributed by atoms with Gasteiger partial charge in [-0.15, -0.1) is 0 Å². The Labute approximate surface area is 186 Å². The summed E-state index contributed by atoms with van der Waals surface area (Å²) in [5.41, 5.74) is 2.38. The number of hydrogen-bond donors (Lipinski definition) is 1. The molecule has 0 radical (unpaired) electrons. The standard InChI is InChI=1S/C24H27FN4O3/c1-3-32-23(31)20-21(17-8-6-7-16(2)15-17)26-24(27-22(20)30)29-13-11-28(12-14-29)19-10-5-4-9-18(19)25/h4-10,15,20-21H,3,11-14H2,1-2H3,(H,26,27,30)/t20-,21-/m0/s1. The van der Waals surface area contributed by atoms with Crippen LogP contribution in [-0.4, -0.2) is 55.5 Å². The van der Waals surface area contributed by atoms with Gasteiger partial charge in [0.15, 0.2) is 5.92 Å². The Morgan fingerprint density at radius 1 is 1.12 bits per heavy atom. The molecule has 0 spiro atoms. The van der Waals surface area contributed by atoms with Gasteiger partial charge in [0, 0.05) is 26.2 Å². The van der Waals surface area contributed by atoms with Gasteiger partial charge in [-0.05, 0) is 31.5 Å². The molecule has 1 N–H and O–H groups in total. The van der Waals surface area contributed by atoms with Crippen molar-refractivity contribution in [2.75, 3.05) is 37.7 Å². The van der Waals surface area contributed by atoms with E-state index >= 15 is 0 Å². The molecule has 4 rings (SSSR count). The minimum Gasteiger partial charge on any atom is -0.465 e. The summed E-state index contributed by atoms with van der Waals surface area (Å²) in [5, 5.41) is 2.80. The SMILES string of the molecule is CCOC(=O)[C@@H]1C(=O)NC(N2CCN(c3ccccc3F)CC2)=N[C@H]1c1cccc(C)c1. The monoisotopic (exact) mass is 438 g/mol. The first-order valence-electron chi connectivity index (χ1n) is 10.8. The smallest absolute Gasteiger partial charge is 0.321 e. The van der Waals surface area contributed by atoms with Gasteiger partial charge in [0.2, 0.25) is 11.9 Å². The van der Waals surface area contributed by atoms with Crippen LogP contribution in [-0.2, 0) is 14.3 Å². The third-order valence-corrected chi connectivity index (χ3v) is 5.79. The van der Waals surface area contributed by atoms with E-state index in [-0.39, 0.29) is 12.4 Å². The Hall–Kier alpha value is -3.42. The summed E-state index contributed by atoms with van der Waals surface area (Å²) in [5.74, 6) is -1.85. The summed E-state index contributed by atoms with van der Waals surface area (Å²) in [4.78, 5) is 34.3. The predicted molar refractivity (Wildman–Crippen MR) is 120 cm³/mol. The van der Waals surface area contributed by atoms with Crippen LogP contribution >= 0.6 is 0 Å². The third-order valence-electron chi connectivity index (χ3n) is 5.79. The van der Waals surface area contributed by atoms with Crippen LogP contribution in [0.2, 0.25) is 0 Å². The van der Waals surface area contributed by atoms with Crippen molar-refractivity contribution in [2.45, 2.75) is 19.9 Å². The quantitative estimate of drug-likeness (QED) is 0.587. The molecular weight excluding hydrogens is 411 g/mol. The van der Waals surface area contributed by atoms with Crippen LogP contribution in [0.25, 0.3) is 0 Å². The number of aliphatic imine (C=N–C) groups is 1. The number of guanidine groups is 1. The van der Waals surface area contributed by atoms with E-state index in [1.807, 2.05) is 47.1 Å². The number of benzene rings is 2. The van der Waals surface area contributed by atoms with Crippen LogP contribution in [0.4, 0.5) is 10.1 Å². The number of hydrogen-bond acceptors (Lipinski definition) is 6. The average Bonchev–Trinajstić information content (AvgIpc) is 2.79. The van der Waals surface area contributed by atoms with Gasteiger partial charge in [0.25, 0.3) is 0 Å². The van der Waals surface area contributed by atoms with Crippen molar-refractivity contribution < 1.29 is 18.7 Å². The second kappa shape index (κ2) is 9.38. The maximum atomic E-state index is 14.2. The van der Waals surface area contributed by atoms with E-state index in [0.717, 1.165) is 11.1 Å². The number of aryl methyl sites for hydroxylation is 1. The Balaban J connectivity index is 1.57. The van der Waals surface area contributed by atoms with E-state index in [1.54, 1.807) is 19.1 Å². The molecule has 2 aliphatic rings. The van der Waals surface area contributed by atoms with Crippen LogP contribution in [0.15, 0.2) is 53.5 Å². The van der Waals surface area contributed by atoms with E-state index < -0.39 is 23.8 Å². The summed E-state index contributed by atoms with van der Waals surface area (Å²) in [6.45, 7) is 6.18. The summed E-state index contributed by atoms with van der Waals surface area (Å²) in [6.07, 6.45) is 0. The second-order valence-electron chi connectivity index (χ2n) is 7.96. The normalized spacial score (nSPS) is 21.1. The molecule has 32 heavy (non-hydrogen) atoms. The first kappa shape index (κ1) is 21.8. The van der Waals surface area contributed by atoms with Gasteiger partial charge < -0.3 is 14.5 Å². The van der Waals surface area contributed by atoms with Crippen LogP contribution < -0.4 is 10.2 Å². The molecule has 0 unspecified atom stereocenters. The van der Waals surface area contributed by atoms with Crippen molar-refractivity contribution in [1.29, 1.82) is 0 Å². The number of ether oxygens (including phenoxy) is 1. The number of carbonyl (C=O) groups is 2. The van der Waals surface area contributed by atoms with Gasteiger partial charge in [-0.2, -0.15) is 0 Å². The highest BCUT2D eigenvalue weighted by molar-refractivity contribution is 6.08. The average molecular weight is 439 g/mol. The topological polar surface area (TPSA) is 74.2 Å². The van der Waals surface area contributed by atoms with E-state index in [9.17, 15) is 14.0 Å². The molecule has 2 aromatic carbocycles. The lowest BCUT2D eigenvalue weighted by Crippen LogP contribution is -2.57. The number of esters is 1. The maximum Gasteiger partial charge on any atom is 0.321 e. The minimum atomic E-state index is -1.04. The molecule has 2 heterocycles. The molecule has 2 aliphatic heterocycles. The first-order valence-corrected chi connectivity index (χ1v) is 10.8. The predicted octanol–water partition coefficient (Wildman–Crippen LogP) is 2.66. The second-order valence-corrected chi connectivity index (χ2v) is 7.96. The number of nitrogens with one attached hydrogen (secondary N) is 1. The molecule has 0 aliphatic carbocycles. The largest absolute Gasteiger partial charge is 0.465 e. The van der Waals surface area contributed by atoms with E-state index in [0.29, 0.717) is 37.8 Å². The molecule has 1 saturated heterocycles. The molecular formula is C24H27FN4O3. The number of carbonyl (C=O) groups excluding carboxylic acids is 2. The lowest BCUT2D eigenvalue weighted by molar-refractivity contribution is -0.153. The van der Waals surface area contributed by atoms with Gasteiger partial charge >= 0.3 is 5.97 Å². The van der Waals surface area contributed by atoms with E-state index in [2.05, 4.69) is 5.32 Å². The molecule has 1 amide bonds. The van der Waals surface area contributed by atoms with Crippen LogP contribution in [0, 0.1) is 18.7 Å². The Bertz CT molecular complexity index is 1030. The molecule has 1 fully saturated rings. The van der Waals surface area contributed by atoms with Crippen molar-refractivity contribution in [3.63, 3.8) is 0 Å². The molecule has 2 aromatic rings. The number of amides is 1. The van der Waals surface area contributed by atoms with Gasteiger partial charge in [-0.1, -0.05) is 42.0 Å². The Morgan fingerprint density at radius 3 is 2.53 bits per heavy atom. The van der Waals surface area contributed by atoms with Gasteiger partial charge in [-0.3, -0.25) is 14.9 Å². The van der Waals surface area contributed by atoms with Crippen LogP contribution in [0.5, 0.6) is 0 Å². The number of piperazine rings is 1. The lowest BCUT2D eigenvalue weighted by Gasteiger charge is -2.39. The molecule has 0 bridgehead atoms. The summed E-state index contributed by atoms with van der Waals surface area (Å²) < 4.78 is 19.3. The fraction of sp³-hybridized carbons (Fsp3) is 0.375. The van der Waals surface area contributed by atoms with Gasteiger partial charge in [0.05, 0.1) is 12.3 Å². The van der Waals surface area contributed by atoms with Crippen molar-refractivity contribution in [2.24, 2.45) is 10.9 Å². The zero-order valence-corrected chi connectivity index (χ0v) is 18.3. The van der Waals surface area contributed by atoms with Crippen molar-refractivity contribution in [3.05, 3.63) is 65.5 Å². The molecule has 2 atom stereocenters. The number of para-hydroxylation sites is 1. The fourth-order valence-electron chi connectivity index (χ4n) is 4.19. The summed E-state index contributed by atoms with van der Waals surface area (Å²) in [7, 11) is 0. The van der Waals surface area contributed by atoms with Gasteiger partial charge in [-0.25, -0.2) is 9.38 Å². The Kier molecular flexibility index (Phi) is 6.39.